The second-order valence-corrected chi connectivity index (χ2v) is 8.44. The van der Waals surface area contributed by atoms with Crippen LogP contribution in [-0.2, 0) is 10.3 Å². The van der Waals surface area contributed by atoms with Crippen molar-refractivity contribution in [1.29, 1.82) is 5.26 Å². The smallest absolute Gasteiger partial charge is 0.111 e. The molecule has 6 rings (SSSR count). The molecule has 148 valence electrons. The number of pyridine rings is 2. The lowest BCUT2D eigenvalue weighted by Crippen LogP contribution is -2.62. The summed E-state index contributed by atoms with van der Waals surface area (Å²) in [7, 11) is 0. The Balaban J connectivity index is 1.44. The fourth-order valence-electron chi connectivity index (χ4n) is 4.97. The molecule has 0 atom stereocenters. The van der Waals surface area contributed by atoms with Gasteiger partial charge in [-0.05, 0) is 43.2 Å². The van der Waals surface area contributed by atoms with Gasteiger partial charge in [0.05, 0.1) is 42.5 Å². The number of H-pyrrole nitrogens is 1. The zero-order chi connectivity index (χ0) is 20.2. The molecule has 0 bridgehead atoms. The molecule has 4 aromatic heterocycles. The zero-order valence-corrected chi connectivity index (χ0v) is 16.2. The van der Waals surface area contributed by atoms with Crippen molar-refractivity contribution >= 4 is 10.9 Å². The maximum absolute atomic E-state index is 9.44. The van der Waals surface area contributed by atoms with E-state index in [2.05, 4.69) is 21.3 Å². The molecule has 1 aliphatic heterocycles. The van der Waals surface area contributed by atoms with E-state index in [1.165, 1.54) is 0 Å². The number of rotatable bonds is 4. The van der Waals surface area contributed by atoms with Crippen molar-refractivity contribution in [2.45, 2.75) is 24.8 Å². The van der Waals surface area contributed by atoms with Crippen LogP contribution in [0.2, 0.25) is 0 Å². The first kappa shape index (κ1) is 17.3. The number of nitrogens with one attached hydrogen (secondary N) is 1. The molecule has 8 heteroatoms. The monoisotopic (exact) mass is 397 g/mol. The summed E-state index contributed by atoms with van der Waals surface area (Å²) in [6.07, 6.45) is 7.82. The summed E-state index contributed by atoms with van der Waals surface area (Å²) >= 11 is 0. The Morgan fingerprint density at radius 1 is 1.17 bits per heavy atom. The van der Waals surface area contributed by atoms with E-state index >= 15 is 0 Å². The summed E-state index contributed by atoms with van der Waals surface area (Å²) in [5.41, 5.74) is 3.86. The van der Waals surface area contributed by atoms with Gasteiger partial charge in [0.1, 0.15) is 17.1 Å². The Labute approximate surface area is 172 Å². The van der Waals surface area contributed by atoms with Gasteiger partial charge in [0.15, 0.2) is 0 Å². The van der Waals surface area contributed by atoms with E-state index in [9.17, 15) is 5.26 Å². The predicted molar refractivity (Wildman–Crippen MR) is 109 cm³/mol. The van der Waals surface area contributed by atoms with Crippen molar-refractivity contribution in [3.63, 3.8) is 0 Å². The molecule has 8 nitrogen and oxygen atoms in total. The highest BCUT2D eigenvalue weighted by Gasteiger charge is 2.59. The number of nitriles is 1. The van der Waals surface area contributed by atoms with E-state index in [1.54, 1.807) is 12.4 Å². The second-order valence-electron chi connectivity index (χ2n) is 8.44. The molecule has 2 aliphatic rings. The number of nitrogens with zero attached hydrogens (tertiary/aromatic N) is 6. The molecule has 0 unspecified atom stereocenters. The molecular weight excluding hydrogens is 378 g/mol. The first-order valence-corrected chi connectivity index (χ1v) is 9.98. The lowest BCUT2D eigenvalue weighted by Gasteiger charge is -2.59. The average Bonchev–Trinajstić information content (AvgIpc) is 3.40. The fourth-order valence-corrected chi connectivity index (χ4v) is 4.97. The van der Waals surface area contributed by atoms with Gasteiger partial charge < -0.3 is 4.74 Å². The molecular formula is C22H19N7O. The lowest BCUT2D eigenvalue weighted by atomic mass is 9.55. The number of ether oxygens (including phenoxy) is 1. The van der Waals surface area contributed by atoms with Gasteiger partial charge in [-0.1, -0.05) is 0 Å². The number of hydrogen-bond acceptors (Lipinski definition) is 6. The van der Waals surface area contributed by atoms with E-state index in [0.717, 1.165) is 59.7 Å². The topological polar surface area (TPSA) is 105 Å². The molecule has 2 fully saturated rings. The number of fused-ring (bicyclic) bond motifs is 1. The zero-order valence-electron chi connectivity index (χ0n) is 16.2. The third-order valence-corrected chi connectivity index (χ3v) is 6.31. The van der Waals surface area contributed by atoms with Crippen LogP contribution in [-0.4, -0.2) is 43.2 Å². The summed E-state index contributed by atoms with van der Waals surface area (Å²) in [6.45, 7) is 1.58. The van der Waals surface area contributed by atoms with E-state index < -0.39 is 0 Å². The van der Waals surface area contributed by atoms with Crippen molar-refractivity contribution < 1.29 is 4.74 Å². The minimum atomic E-state index is -0.259. The Hall–Kier alpha value is -3.57. The fraction of sp³-hybridized carbons (Fsp3) is 0.318. The summed E-state index contributed by atoms with van der Waals surface area (Å²) < 4.78 is 7.39. The van der Waals surface area contributed by atoms with Gasteiger partial charge in [-0.15, -0.1) is 0 Å². The van der Waals surface area contributed by atoms with Crippen LogP contribution in [0.1, 0.15) is 19.3 Å². The third kappa shape index (κ3) is 2.49. The van der Waals surface area contributed by atoms with Crippen LogP contribution in [0.25, 0.3) is 33.7 Å². The molecule has 0 aromatic carbocycles. The van der Waals surface area contributed by atoms with Gasteiger partial charge in [0.25, 0.3) is 0 Å². The molecule has 0 radical (unpaired) electrons. The Morgan fingerprint density at radius 2 is 2.07 bits per heavy atom. The van der Waals surface area contributed by atoms with Gasteiger partial charge in [-0.3, -0.25) is 14.8 Å². The van der Waals surface area contributed by atoms with Gasteiger partial charge in [0, 0.05) is 29.4 Å². The van der Waals surface area contributed by atoms with E-state index in [0.29, 0.717) is 6.42 Å². The molecule has 1 spiro atoms. The summed E-state index contributed by atoms with van der Waals surface area (Å²) in [5.74, 6) is 0. The number of aromatic amines is 1. The van der Waals surface area contributed by atoms with E-state index in [4.69, 9.17) is 14.8 Å². The molecule has 1 saturated heterocycles. The van der Waals surface area contributed by atoms with Crippen molar-refractivity contribution in [3.05, 3.63) is 48.9 Å². The van der Waals surface area contributed by atoms with E-state index in [-0.39, 0.29) is 11.0 Å². The van der Waals surface area contributed by atoms with Crippen molar-refractivity contribution in [2.75, 3.05) is 13.2 Å². The summed E-state index contributed by atoms with van der Waals surface area (Å²) in [5, 5.41) is 22.4. The van der Waals surface area contributed by atoms with Crippen LogP contribution in [0, 0.1) is 16.7 Å². The van der Waals surface area contributed by atoms with Crippen LogP contribution in [0.5, 0.6) is 0 Å². The van der Waals surface area contributed by atoms with Crippen LogP contribution in [0.15, 0.2) is 48.9 Å². The van der Waals surface area contributed by atoms with Crippen molar-refractivity contribution in [3.8, 4) is 28.8 Å². The SMILES string of the molecule is N#CCC1(n2ccc(-c3nc(-c4cc[nH]n4)cc4ncccc34)n2)CC2(COC2)C1. The lowest BCUT2D eigenvalue weighted by molar-refractivity contribution is -0.206. The van der Waals surface area contributed by atoms with Gasteiger partial charge in [-0.25, -0.2) is 4.98 Å². The molecule has 1 aliphatic carbocycles. The van der Waals surface area contributed by atoms with E-state index in [1.807, 2.05) is 41.2 Å². The summed E-state index contributed by atoms with van der Waals surface area (Å²) in [6, 6.07) is 12.1. The minimum Gasteiger partial charge on any atom is -0.380 e. The Bertz CT molecular complexity index is 1270. The summed E-state index contributed by atoms with van der Waals surface area (Å²) in [4.78, 5) is 9.39. The largest absolute Gasteiger partial charge is 0.380 e. The van der Waals surface area contributed by atoms with Gasteiger partial charge >= 0.3 is 0 Å². The first-order chi connectivity index (χ1) is 14.7. The Kier molecular flexibility index (Phi) is 3.58. The number of aromatic nitrogens is 6. The standard InChI is InChI=1S/C22H19N7O/c23-6-5-22(11-21(12-22)13-30-14-21)29-9-4-17(28-29)20-15-2-1-7-24-18(15)10-19(26-20)16-3-8-25-27-16/h1-4,7-10H,5,11-14H2,(H,25,27). The second kappa shape index (κ2) is 6.21. The molecule has 1 N–H and O–H groups in total. The highest BCUT2D eigenvalue weighted by atomic mass is 16.5. The highest BCUT2D eigenvalue weighted by molar-refractivity contribution is 5.93. The molecule has 30 heavy (non-hydrogen) atoms. The quantitative estimate of drug-likeness (QED) is 0.566. The van der Waals surface area contributed by atoms with Crippen LogP contribution in [0.3, 0.4) is 0 Å². The Morgan fingerprint density at radius 3 is 2.80 bits per heavy atom. The highest BCUT2D eigenvalue weighted by Crippen LogP contribution is 2.58. The number of hydrogen-bond donors (Lipinski definition) is 1. The minimum absolute atomic E-state index is 0.234. The molecule has 4 aromatic rings. The van der Waals surface area contributed by atoms with Crippen LogP contribution >= 0.6 is 0 Å². The normalized spacial score (nSPS) is 18.6. The van der Waals surface area contributed by atoms with Crippen LogP contribution in [0.4, 0.5) is 0 Å². The van der Waals surface area contributed by atoms with Gasteiger partial charge in [0.2, 0.25) is 0 Å². The van der Waals surface area contributed by atoms with Crippen molar-refractivity contribution in [1.82, 2.24) is 29.9 Å². The third-order valence-electron chi connectivity index (χ3n) is 6.31. The average molecular weight is 397 g/mol. The first-order valence-electron chi connectivity index (χ1n) is 9.98. The maximum atomic E-state index is 9.44. The maximum Gasteiger partial charge on any atom is 0.111 e. The molecule has 5 heterocycles. The predicted octanol–water partition coefficient (Wildman–Crippen LogP) is 3.30. The molecule has 0 amide bonds. The molecule has 1 saturated carbocycles. The van der Waals surface area contributed by atoms with Crippen molar-refractivity contribution in [2.24, 2.45) is 5.41 Å². The van der Waals surface area contributed by atoms with Crippen LogP contribution < -0.4 is 0 Å². The van der Waals surface area contributed by atoms with Gasteiger partial charge in [-0.2, -0.15) is 15.5 Å².